The molecule has 0 unspecified atom stereocenters. The topological polar surface area (TPSA) is 82.2 Å². The lowest BCUT2D eigenvalue weighted by Crippen LogP contribution is -2.25. The highest BCUT2D eigenvalue weighted by Gasteiger charge is 2.13. The summed E-state index contributed by atoms with van der Waals surface area (Å²) >= 11 is 0. The molecule has 0 fully saturated rings. The van der Waals surface area contributed by atoms with E-state index in [0.717, 1.165) is 11.3 Å². The number of benzene rings is 1. The van der Waals surface area contributed by atoms with E-state index in [2.05, 4.69) is 15.5 Å². The maximum Gasteiger partial charge on any atom is 0.268 e. The molecule has 0 atom stereocenters. The summed E-state index contributed by atoms with van der Waals surface area (Å²) in [7, 11) is 0. The Labute approximate surface area is 152 Å². The lowest BCUT2D eigenvalue weighted by atomic mass is 10.2. The fraction of sp³-hybridized carbons (Fsp3) is 0.316. The van der Waals surface area contributed by atoms with Gasteiger partial charge in [0.05, 0.1) is 12.6 Å². The second-order valence-electron chi connectivity index (χ2n) is 6.24. The first-order valence-corrected chi connectivity index (χ1v) is 8.49. The van der Waals surface area contributed by atoms with Gasteiger partial charge < -0.3 is 19.1 Å². The Balaban J connectivity index is 1.59. The van der Waals surface area contributed by atoms with Gasteiger partial charge in [-0.3, -0.25) is 4.79 Å². The molecule has 3 rings (SSSR count). The summed E-state index contributed by atoms with van der Waals surface area (Å²) < 4.78 is 12.4. The van der Waals surface area contributed by atoms with E-state index in [4.69, 9.17) is 9.26 Å². The molecule has 2 aromatic heterocycles. The molecule has 1 aromatic carbocycles. The Morgan fingerprint density at radius 2 is 2.04 bits per heavy atom. The van der Waals surface area contributed by atoms with E-state index in [1.54, 1.807) is 17.6 Å². The molecular formula is C19H22N4O3. The second kappa shape index (κ2) is 7.86. The van der Waals surface area contributed by atoms with Gasteiger partial charge in [0, 0.05) is 19.7 Å². The highest BCUT2D eigenvalue weighted by atomic mass is 16.5. The minimum atomic E-state index is -0.155. The van der Waals surface area contributed by atoms with Crippen molar-refractivity contribution in [3.05, 3.63) is 65.6 Å². The molecule has 0 bridgehead atoms. The summed E-state index contributed by atoms with van der Waals surface area (Å²) in [5, 5.41) is 6.79. The van der Waals surface area contributed by atoms with E-state index in [9.17, 15) is 4.79 Å². The van der Waals surface area contributed by atoms with Crippen LogP contribution in [0.3, 0.4) is 0 Å². The van der Waals surface area contributed by atoms with Gasteiger partial charge in [-0.25, -0.2) is 0 Å². The molecule has 0 saturated carbocycles. The van der Waals surface area contributed by atoms with Crippen molar-refractivity contribution in [2.45, 2.75) is 40.0 Å². The lowest BCUT2D eigenvalue weighted by molar-refractivity contribution is 0.0942. The first-order valence-electron chi connectivity index (χ1n) is 8.49. The van der Waals surface area contributed by atoms with Crippen LogP contribution in [-0.2, 0) is 13.1 Å². The molecule has 0 saturated heterocycles. The van der Waals surface area contributed by atoms with Crippen LogP contribution in [0.5, 0.6) is 5.75 Å². The van der Waals surface area contributed by atoms with Crippen LogP contribution in [0.1, 0.15) is 41.6 Å². The number of aryl methyl sites for hydroxylation is 1. The highest BCUT2D eigenvalue weighted by molar-refractivity contribution is 5.92. The Kier molecular flexibility index (Phi) is 5.36. The number of rotatable bonds is 7. The van der Waals surface area contributed by atoms with Crippen LogP contribution in [0, 0.1) is 6.92 Å². The quantitative estimate of drug-likeness (QED) is 0.705. The van der Waals surface area contributed by atoms with Gasteiger partial charge in [0.1, 0.15) is 11.4 Å². The fourth-order valence-electron chi connectivity index (χ4n) is 2.55. The van der Waals surface area contributed by atoms with Gasteiger partial charge >= 0.3 is 0 Å². The van der Waals surface area contributed by atoms with Crippen molar-refractivity contribution in [2.75, 3.05) is 0 Å². The number of hydrogen-bond donors (Lipinski definition) is 1. The largest absolute Gasteiger partial charge is 0.491 e. The van der Waals surface area contributed by atoms with Gasteiger partial charge in [0.2, 0.25) is 5.89 Å². The zero-order valence-corrected chi connectivity index (χ0v) is 15.1. The van der Waals surface area contributed by atoms with Crippen molar-refractivity contribution in [1.29, 1.82) is 0 Å². The molecule has 0 aliphatic rings. The van der Waals surface area contributed by atoms with Crippen molar-refractivity contribution >= 4 is 5.91 Å². The van der Waals surface area contributed by atoms with Crippen LogP contribution in [0.4, 0.5) is 0 Å². The summed E-state index contributed by atoms with van der Waals surface area (Å²) in [5.41, 5.74) is 1.55. The normalized spacial score (nSPS) is 10.9. The number of hydrogen-bond acceptors (Lipinski definition) is 5. The van der Waals surface area contributed by atoms with Crippen molar-refractivity contribution < 1.29 is 14.1 Å². The van der Waals surface area contributed by atoms with Crippen molar-refractivity contribution in [3.63, 3.8) is 0 Å². The van der Waals surface area contributed by atoms with Crippen LogP contribution >= 0.6 is 0 Å². The van der Waals surface area contributed by atoms with Gasteiger partial charge in [-0.2, -0.15) is 4.98 Å². The van der Waals surface area contributed by atoms with Crippen LogP contribution < -0.4 is 10.1 Å². The molecule has 0 aliphatic carbocycles. The van der Waals surface area contributed by atoms with Crippen molar-refractivity contribution in [3.8, 4) is 5.75 Å². The van der Waals surface area contributed by atoms with Crippen LogP contribution in [0.25, 0.3) is 0 Å². The van der Waals surface area contributed by atoms with E-state index >= 15 is 0 Å². The van der Waals surface area contributed by atoms with Crippen LogP contribution in [0.2, 0.25) is 0 Å². The third kappa shape index (κ3) is 4.50. The van der Waals surface area contributed by atoms with Gasteiger partial charge in [-0.05, 0) is 43.7 Å². The predicted molar refractivity (Wildman–Crippen MR) is 95.9 cm³/mol. The average Bonchev–Trinajstić information content (AvgIpc) is 3.23. The summed E-state index contributed by atoms with van der Waals surface area (Å²) in [5.74, 6) is 1.70. The zero-order valence-electron chi connectivity index (χ0n) is 15.1. The molecule has 1 N–H and O–H groups in total. The van der Waals surface area contributed by atoms with Crippen molar-refractivity contribution in [1.82, 2.24) is 20.0 Å². The van der Waals surface area contributed by atoms with E-state index in [1.807, 2.05) is 50.4 Å². The number of nitrogens with one attached hydrogen (secondary N) is 1. The predicted octanol–water partition coefficient (Wildman–Crippen LogP) is 2.95. The molecule has 0 aliphatic heterocycles. The number of carbonyl (C=O) groups is 1. The highest BCUT2D eigenvalue weighted by Crippen LogP contribution is 2.14. The number of aromatic nitrogens is 3. The van der Waals surface area contributed by atoms with Gasteiger partial charge in [0.15, 0.2) is 5.82 Å². The Morgan fingerprint density at radius 3 is 2.69 bits per heavy atom. The third-order valence-corrected chi connectivity index (χ3v) is 3.69. The maximum atomic E-state index is 12.5. The first kappa shape index (κ1) is 17.7. The first-order chi connectivity index (χ1) is 12.5. The average molecular weight is 354 g/mol. The number of nitrogens with zero attached hydrogens (tertiary/aromatic N) is 3. The monoisotopic (exact) mass is 354 g/mol. The molecule has 0 spiro atoms. The number of ether oxygens (including phenoxy) is 1. The number of carbonyl (C=O) groups excluding carboxylic acids is 1. The molecular weight excluding hydrogens is 332 g/mol. The lowest BCUT2D eigenvalue weighted by Gasteiger charge is -2.11. The molecule has 2 heterocycles. The molecule has 3 aromatic rings. The molecule has 136 valence electrons. The van der Waals surface area contributed by atoms with E-state index in [1.165, 1.54) is 0 Å². The molecule has 1 amide bonds. The summed E-state index contributed by atoms with van der Waals surface area (Å²) in [6, 6.07) is 11.3. The van der Waals surface area contributed by atoms with Crippen LogP contribution in [0.15, 0.2) is 47.1 Å². The van der Waals surface area contributed by atoms with E-state index in [0.29, 0.717) is 30.5 Å². The zero-order chi connectivity index (χ0) is 18.5. The van der Waals surface area contributed by atoms with Gasteiger partial charge in [-0.15, -0.1) is 0 Å². The molecule has 7 heteroatoms. The van der Waals surface area contributed by atoms with E-state index in [-0.39, 0.29) is 12.0 Å². The Hall–Kier alpha value is -3.09. The third-order valence-electron chi connectivity index (χ3n) is 3.69. The van der Waals surface area contributed by atoms with Gasteiger partial charge in [0.25, 0.3) is 5.91 Å². The minimum Gasteiger partial charge on any atom is -0.491 e. The second-order valence-corrected chi connectivity index (χ2v) is 6.24. The summed E-state index contributed by atoms with van der Waals surface area (Å²) in [4.78, 5) is 16.7. The molecule has 0 radical (unpaired) electrons. The number of amides is 1. The van der Waals surface area contributed by atoms with Crippen molar-refractivity contribution in [2.24, 2.45) is 0 Å². The standard InChI is InChI=1S/C19H22N4O3/c1-13(2)25-16-8-6-15(7-9-16)11-20-19(24)17-5-4-10-23(17)12-18-21-14(3)26-22-18/h4-10,13H,11-12H2,1-3H3,(H,20,24). The SMILES string of the molecule is Cc1nc(Cn2cccc2C(=O)NCc2ccc(OC(C)C)cc2)no1. The maximum absolute atomic E-state index is 12.5. The summed E-state index contributed by atoms with van der Waals surface area (Å²) in [6.45, 7) is 6.52. The van der Waals surface area contributed by atoms with Crippen LogP contribution in [-0.4, -0.2) is 26.7 Å². The summed E-state index contributed by atoms with van der Waals surface area (Å²) in [6.07, 6.45) is 1.95. The molecule has 26 heavy (non-hydrogen) atoms. The minimum absolute atomic E-state index is 0.135. The van der Waals surface area contributed by atoms with Gasteiger partial charge in [-0.1, -0.05) is 17.3 Å². The Morgan fingerprint density at radius 1 is 1.27 bits per heavy atom. The van der Waals surface area contributed by atoms with E-state index < -0.39 is 0 Å². The molecule has 7 nitrogen and oxygen atoms in total. The fourth-order valence-corrected chi connectivity index (χ4v) is 2.55. The Bertz CT molecular complexity index is 865. The smallest absolute Gasteiger partial charge is 0.268 e.